The summed E-state index contributed by atoms with van der Waals surface area (Å²) < 4.78 is 0. The molecule has 0 heterocycles. The van der Waals surface area contributed by atoms with Crippen LogP contribution in [0.3, 0.4) is 0 Å². The Morgan fingerprint density at radius 2 is 1.57 bits per heavy atom. The van der Waals surface area contributed by atoms with Gasteiger partial charge in [0, 0.05) is 47.6 Å². The summed E-state index contributed by atoms with van der Waals surface area (Å²) in [6.07, 6.45) is 3.90. The van der Waals surface area contributed by atoms with Crippen LogP contribution >= 0.6 is 0 Å². The predicted molar refractivity (Wildman–Crippen MR) is 134 cm³/mol. The number of nitrogens with one attached hydrogen (secondary N) is 1. The zero-order valence-electron chi connectivity index (χ0n) is 19.3. The van der Waals surface area contributed by atoms with E-state index in [0.29, 0.717) is 23.4 Å². The highest BCUT2D eigenvalue weighted by atomic mass is 16.6. The van der Waals surface area contributed by atoms with Crippen LogP contribution in [0.5, 0.6) is 0 Å². The molecule has 2 amide bonds. The quantitative estimate of drug-likeness (QED) is 0.380. The minimum Gasteiger partial charge on any atom is -0.330 e. The lowest BCUT2D eigenvalue weighted by atomic mass is 9.89. The molecule has 2 unspecified atom stereocenters. The van der Waals surface area contributed by atoms with Gasteiger partial charge in [-0.2, -0.15) is 0 Å². The van der Waals surface area contributed by atoms with Crippen LogP contribution in [0.15, 0.2) is 78.9 Å². The minimum absolute atomic E-state index is 0.0297. The van der Waals surface area contributed by atoms with Crippen molar-refractivity contribution in [2.75, 3.05) is 5.32 Å². The molecule has 2 atom stereocenters. The van der Waals surface area contributed by atoms with Crippen LogP contribution in [0, 0.1) is 10.1 Å². The van der Waals surface area contributed by atoms with E-state index in [1.165, 1.54) is 24.3 Å². The van der Waals surface area contributed by atoms with Crippen LogP contribution in [0.4, 0.5) is 11.4 Å². The molecule has 3 aromatic carbocycles. The molecule has 1 saturated carbocycles. The molecule has 180 valence electrons. The van der Waals surface area contributed by atoms with Crippen molar-refractivity contribution < 1.29 is 14.5 Å². The van der Waals surface area contributed by atoms with E-state index in [9.17, 15) is 19.7 Å². The SMILES string of the molecule is NC1CCCCC1N(Cc1ccc(NC(=O)c2ccc([N+](=O)[O-])cc2)cc1)C(=O)c1ccccc1. The molecule has 8 heteroatoms. The molecule has 3 aromatic rings. The largest absolute Gasteiger partial charge is 0.330 e. The van der Waals surface area contributed by atoms with Gasteiger partial charge < -0.3 is 16.0 Å². The fourth-order valence-corrected chi connectivity index (χ4v) is 4.44. The van der Waals surface area contributed by atoms with Crippen LogP contribution in [0.1, 0.15) is 52.0 Å². The molecule has 1 fully saturated rings. The Labute approximate surface area is 203 Å². The fourth-order valence-electron chi connectivity index (χ4n) is 4.44. The molecule has 0 saturated heterocycles. The molecule has 0 spiro atoms. The first-order valence-corrected chi connectivity index (χ1v) is 11.7. The summed E-state index contributed by atoms with van der Waals surface area (Å²) in [5.41, 5.74) is 8.84. The van der Waals surface area contributed by atoms with Gasteiger partial charge in [0.1, 0.15) is 0 Å². The molecule has 1 aliphatic rings. The lowest BCUT2D eigenvalue weighted by Gasteiger charge is -2.38. The molecule has 35 heavy (non-hydrogen) atoms. The van der Waals surface area contributed by atoms with Crippen molar-refractivity contribution in [2.45, 2.75) is 44.3 Å². The molecule has 0 aromatic heterocycles. The van der Waals surface area contributed by atoms with Crippen molar-refractivity contribution in [1.29, 1.82) is 0 Å². The van der Waals surface area contributed by atoms with E-state index in [4.69, 9.17) is 5.73 Å². The number of rotatable bonds is 7. The van der Waals surface area contributed by atoms with Crippen molar-refractivity contribution in [3.8, 4) is 0 Å². The Morgan fingerprint density at radius 1 is 0.914 bits per heavy atom. The first-order valence-electron chi connectivity index (χ1n) is 11.7. The van der Waals surface area contributed by atoms with Gasteiger partial charge in [-0.25, -0.2) is 0 Å². The molecular weight excluding hydrogens is 444 g/mol. The van der Waals surface area contributed by atoms with Gasteiger partial charge >= 0.3 is 0 Å². The average Bonchev–Trinajstić information content (AvgIpc) is 2.89. The third-order valence-corrected chi connectivity index (χ3v) is 6.37. The van der Waals surface area contributed by atoms with E-state index >= 15 is 0 Å². The molecule has 3 N–H and O–H groups in total. The van der Waals surface area contributed by atoms with Crippen molar-refractivity contribution in [2.24, 2.45) is 5.73 Å². The van der Waals surface area contributed by atoms with Gasteiger partial charge in [0.05, 0.1) is 4.92 Å². The van der Waals surface area contributed by atoms with E-state index in [0.717, 1.165) is 31.2 Å². The van der Waals surface area contributed by atoms with Crippen molar-refractivity contribution in [1.82, 2.24) is 4.90 Å². The third kappa shape index (κ3) is 5.91. The summed E-state index contributed by atoms with van der Waals surface area (Å²) in [5, 5.41) is 13.6. The number of nitro groups is 1. The normalized spacial score (nSPS) is 17.4. The number of amides is 2. The van der Waals surface area contributed by atoms with Crippen LogP contribution < -0.4 is 11.1 Å². The highest BCUT2D eigenvalue weighted by Crippen LogP contribution is 2.26. The van der Waals surface area contributed by atoms with Gasteiger partial charge in [0.2, 0.25) is 0 Å². The van der Waals surface area contributed by atoms with E-state index in [1.54, 1.807) is 12.1 Å². The number of nitrogens with zero attached hydrogens (tertiary/aromatic N) is 2. The molecule has 4 rings (SSSR count). The third-order valence-electron chi connectivity index (χ3n) is 6.37. The zero-order valence-corrected chi connectivity index (χ0v) is 19.3. The number of anilines is 1. The van der Waals surface area contributed by atoms with E-state index in [-0.39, 0.29) is 29.6 Å². The fraction of sp³-hybridized carbons (Fsp3) is 0.259. The highest BCUT2D eigenvalue weighted by molar-refractivity contribution is 6.04. The van der Waals surface area contributed by atoms with Crippen LogP contribution in [0.2, 0.25) is 0 Å². The topological polar surface area (TPSA) is 119 Å². The second-order valence-corrected chi connectivity index (χ2v) is 8.77. The maximum absolute atomic E-state index is 13.4. The summed E-state index contributed by atoms with van der Waals surface area (Å²) in [6, 6.07) is 21.9. The number of carbonyl (C=O) groups is 2. The van der Waals surface area contributed by atoms with Gasteiger partial charge in [-0.05, 0) is 54.8 Å². The van der Waals surface area contributed by atoms with Crippen LogP contribution in [-0.2, 0) is 6.54 Å². The Morgan fingerprint density at radius 3 is 2.20 bits per heavy atom. The van der Waals surface area contributed by atoms with E-state index in [1.807, 2.05) is 47.4 Å². The first kappa shape index (κ1) is 24.1. The van der Waals surface area contributed by atoms with E-state index in [2.05, 4.69) is 5.32 Å². The summed E-state index contributed by atoms with van der Waals surface area (Å²) in [7, 11) is 0. The van der Waals surface area contributed by atoms with Gasteiger partial charge in [-0.3, -0.25) is 19.7 Å². The zero-order chi connectivity index (χ0) is 24.8. The summed E-state index contributed by atoms with van der Waals surface area (Å²) in [6.45, 7) is 0.419. The molecule has 0 bridgehead atoms. The van der Waals surface area contributed by atoms with Gasteiger partial charge in [0.25, 0.3) is 17.5 Å². The standard InChI is InChI=1S/C27H28N4O4/c28-24-8-4-5-9-25(24)30(27(33)21-6-2-1-3-7-21)18-19-10-14-22(15-11-19)29-26(32)20-12-16-23(17-13-20)31(34)35/h1-3,6-7,10-17,24-25H,4-5,8-9,18,28H2,(H,29,32). The number of hydrogen-bond acceptors (Lipinski definition) is 5. The lowest BCUT2D eigenvalue weighted by Crippen LogP contribution is -2.51. The second kappa shape index (κ2) is 10.9. The monoisotopic (exact) mass is 472 g/mol. The Kier molecular flexibility index (Phi) is 7.52. The summed E-state index contributed by atoms with van der Waals surface area (Å²) in [4.78, 5) is 38.1. The predicted octanol–water partition coefficient (Wildman–Crippen LogP) is 4.76. The molecular formula is C27H28N4O4. The molecule has 8 nitrogen and oxygen atoms in total. The maximum atomic E-state index is 13.4. The Bertz CT molecular complexity index is 1180. The molecule has 0 aliphatic heterocycles. The van der Waals surface area contributed by atoms with Crippen molar-refractivity contribution in [3.05, 3.63) is 106 Å². The smallest absolute Gasteiger partial charge is 0.269 e. The Hall–Kier alpha value is -4.04. The van der Waals surface area contributed by atoms with Crippen LogP contribution in [0.25, 0.3) is 0 Å². The van der Waals surface area contributed by atoms with Gasteiger partial charge in [-0.1, -0.05) is 43.2 Å². The first-order chi connectivity index (χ1) is 16.9. The van der Waals surface area contributed by atoms with Crippen molar-refractivity contribution in [3.63, 3.8) is 0 Å². The second-order valence-electron chi connectivity index (χ2n) is 8.77. The number of benzene rings is 3. The van der Waals surface area contributed by atoms with Crippen LogP contribution in [-0.4, -0.2) is 33.7 Å². The molecule has 0 radical (unpaired) electrons. The number of non-ortho nitro benzene ring substituents is 1. The molecule has 1 aliphatic carbocycles. The van der Waals surface area contributed by atoms with E-state index < -0.39 is 4.92 Å². The lowest BCUT2D eigenvalue weighted by molar-refractivity contribution is -0.384. The summed E-state index contributed by atoms with van der Waals surface area (Å²) >= 11 is 0. The summed E-state index contributed by atoms with van der Waals surface area (Å²) in [5.74, 6) is -0.398. The minimum atomic E-state index is -0.508. The number of carbonyl (C=O) groups excluding carboxylic acids is 2. The highest BCUT2D eigenvalue weighted by Gasteiger charge is 2.31. The van der Waals surface area contributed by atoms with Gasteiger partial charge in [-0.15, -0.1) is 0 Å². The maximum Gasteiger partial charge on any atom is 0.269 e. The number of nitro benzene ring substituents is 1. The Balaban J connectivity index is 1.47. The average molecular weight is 473 g/mol. The van der Waals surface area contributed by atoms with Crippen molar-refractivity contribution >= 4 is 23.2 Å². The van der Waals surface area contributed by atoms with Gasteiger partial charge in [0.15, 0.2) is 0 Å². The number of hydrogen-bond donors (Lipinski definition) is 2. The number of nitrogens with two attached hydrogens (primary N) is 1.